The minimum Gasteiger partial charge on any atom is -0.489 e. The van der Waals surface area contributed by atoms with Gasteiger partial charge in [-0.15, -0.1) is 0 Å². The highest BCUT2D eigenvalue weighted by Crippen LogP contribution is 2.33. The smallest absolute Gasteiger partial charge is 0.155 e. The average Bonchev–Trinajstić information content (AvgIpc) is 2.81. The highest BCUT2D eigenvalue weighted by molar-refractivity contribution is 5.89. The van der Waals surface area contributed by atoms with Crippen molar-refractivity contribution in [2.45, 2.75) is 65.6 Å². The van der Waals surface area contributed by atoms with Gasteiger partial charge in [0, 0.05) is 23.9 Å². The Bertz CT molecular complexity index is 510. The first-order valence-corrected chi connectivity index (χ1v) is 8.12. The van der Waals surface area contributed by atoms with Crippen LogP contribution in [-0.4, -0.2) is 34.9 Å². The molecule has 2 rings (SSSR count). The molecule has 0 spiro atoms. The fraction of sp³-hybridized carbons (Fsp3) is 0.632. The number of para-hydroxylation sites is 1. The topological polar surface area (TPSA) is 29.5 Å². The number of ketones is 1. The summed E-state index contributed by atoms with van der Waals surface area (Å²) in [6.07, 6.45) is 0.834. The van der Waals surface area contributed by atoms with Crippen molar-refractivity contribution in [3.63, 3.8) is 0 Å². The van der Waals surface area contributed by atoms with Gasteiger partial charge in [0.05, 0.1) is 6.04 Å². The van der Waals surface area contributed by atoms with Crippen molar-refractivity contribution in [3.8, 4) is 5.75 Å². The molecule has 1 aliphatic heterocycles. The van der Waals surface area contributed by atoms with Crippen molar-refractivity contribution in [1.82, 2.24) is 4.90 Å². The first kappa shape index (κ1) is 17.0. The van der Waals surface area contributed by atoms with E-state index in [1.807, 2.05) is 51.1 Å². The Hall–Kier alpha value is -1.35. The molecule has 1 heterocycles. The lowest BCUT2D eigenvalue weighted by molar-refractivity contribution is -0.132. The Morgan fingerprint density at radius 3 is 2.18 bits per heavy atom. The number of nitrogens with zero attached hydrogens (tertiary/aromatic N) is 1. The van der Waals surface area contributed by atoms with Gasteiger partial charge in [-0.05, 0) is 32.9 Å². The predicted molar refractivity (Wildman–Crippen MR) is 90.2 cm³/mol. The van der Waals surface area contributed by atoms with Crippen LogP contribution in [0, 0.1) is 5.41 Å². The normalized spacial score (nSPS) is 23.5. The molecule has 1 aromatic rings. The Balaban J connectivity index is 2.16. The SMILES string of the molecule is CC(C)(C)C(=O)C1CC(Oc2ccccc2)CN1C(C)(C)C. The van der Waals surface area contributed by atoms with Crippen LogP contribution in [0.15, 0.2) is 30.3 Å². The molecule has 0 aliphatic carbocycles. The van der Waals surface area contributed by atoms with Gasteiger partial charge in [-0.1, -0.05) is 39.0 Å². The third kappa shape index (κ3) is 3.89. The molecule has 122 valence electrons. The summed E-state index contributed by atoms with van der Waals surface area (Å²) in [6.45, 7) is 13.3. The van der Waals surface area contributed by atoms with E-state index in [1.165, 1.54) is 0 Å². The van der Waals surface area contributed by atoms with Gasteiger partial charge in [0.1, 0.15) is 11.9 Å². The summed E-state index contributed by atoms with van der Waals surface area (Å²) in [5.41, 5.74) is -0.365. The molecule has 0 radical (unpaired) electrons. The molecule has 2 atom stereocenters. The van der Waals surface area contributed by atoms with Crippen molar-refractivity contribution in [2.24, 2.45) is 5.41 Å². The second-order valence-corrected chi connectivity index (χ2v) is 8.24. The molecule has 3 nitrogen and oxygen atoms in total. The van der Waals surface area contributed by atoms with E-state index >= 15 is 0 Å². The first-order chi connectivity index (χ1) is 10.1. The number of carbonyl (C=O) groups is 1. The zero-order valence-corrected chi connectivity index (χ0v) is 14.7. The first-order valence-electron chi connectivity index (χ1n) is 8.12. The summed E-state index contributed by atoms with van der Waals surface area (Å²) in [5, 5.41) is 0. The van der Waals surface area contributed by atoms with Gasteiger partial charge in [0.25, 0.3) is 0 Å². The van der Waals surface area contributed by atoms with Crippen molar-refractivity contribution in [3.05, 3.63) is 30.3 Å². The van der Waals surface area contributed by atoms with Crippen LogP contribution in [0.1, 0.15) is 48.0 Å². The van der Waals surface area contributed by atoms with E-state index in [-0.39, 0.29) is 23.1 Å². The summed E-state index contributed by atoms with van der Waals surface area (Å²) in [5.74, 6) is 1.19. The molecule has 0 aromatic heterocycles. The van der Waals surface area contributed by atoms with E-state index in [9.17, 15) is 4.79 Å². The fourth-order valence-corrected chi connectivity index (χ4v) is 3.06. The molecule has 1 saturated heterocycles. The highest BCUT2D eigenvalue weighted by Gasteiger charge is 2.45. The van der Waals surface area contributed by atoms with Crippen molar-refractivity contribution in [2.75, 3.05) is 6.54 Å². The number of Topliss-reactive ketones (excluding diaryl/α,β-unsaturated/α-hetero) is 1. The summed E-state index contributed by atoms with van der Waals surface area (Å²) in [7, 11) is 0. The van der Waals surface area contributed by atoms with E-state index in [4.69, 9.17) is 4.74 Å². The van der Waals surface area contributed by atoms with Gasteiger partial charge in [0.15, 0.2) is 5.78 Å². The van der Waals surface area contributed by atoms with Crippen LogP contribution in [0.4, 0.5) is 0 Å². The quantitative estimate of drug-likeness (QED) is 0.847. The molecule has 1 aliphatic rings. The molecule has 3 heteroatoms. The number of benzene rings is 1. The van der Waals surface area contributed by atoms with Crippen LogP contribution in [0.25, 0.3) is 0 Å². The molecule has 0 bridgehead atoms. The molecule has 0 saturated carbocycles. The van der Waals surface area contributed by atoms with Gasteiger partial charge >= 0.3 is 0 Å². The summed E-state index contributed by atoms with van der Waals surface area (Å²) >= 11 is 0. The van der Waals surface area contributed by atoms with Gasteiger partial charge in [0.2, 0.25) is 0 Å². The van der Waals surface area contributed by atoms with E-state index < -0.39 is 0 Å². The number of rotatable bonds is 3. The Kier molecular flexibility index (Phi) is 4.67. The lowest BCUT2D eigenvalue weighted by Crippen LogP contribution is -2.50. The molecular formula is C19H29NO2. The van der Waals surface area contributed by atoms with Crippen LogP contribution in [-0.2, 0) is 4.79 Å². The number of likely N-dealkylation sites (tertiary alicyclic amines) is 1. The van der Waals surface area contributed by atoms with Crippen LogP contribution >= 0.6 is 0 Å². The third-order valence-electron chi connectivity index (χ3n) is 4.21. The maximum absolute atomic E-state index is 12.8. The van der Waals surface area contributed by atoms with Crippen LogP contribution in [0.3, 0.4) is 0 Å². The lowest BCUT2D eigenvalue weighted by Gasteiger charge is -2.38. The van der Waals surface area contributed by atoms with Gasteiger partial charge in [-0.3, -0.25) is 9.69 Å². The lowest BCUT2D eigenvalue weighted by atomic mass is 9.84. The van der Waals surface area contributed by atoms with Crippen molar-refractivity contribution >= 4 is 5.78 Å². The maximum Gasteiger partial charge on any atom is 0.155 e. The monoisotopic (exact) mass is 303 g/mol. The highest BCUT2D eigenvalue weighted by atomic mass is 16.5. The molecule has 1 aromatic carbocycles. The van der Waals surface area contributed by atoms with E-state index in [0.29, 0.717) is 5.78 Å². The molecule has 0 N–H and O–H groups in total. The maximum atomic E-state index is 12.8. The van der Waals surface area contributed by atoms with Crippen LogP contribution < -0.4 is 4.74 Å². The fourth-order valence-electron chi connectivity index (χ4n) is 3.06. The van der Waals surface area contributed by atoms with Gasteiger partial charge in [-0.25, -0.2) is 0 Å². The summed E-state index contributed by atoms with van der Waals surface area (Å²) in [4.78, 5) is 15.1. The third-order valence-corrected chi connectivity index (χ3v) is 4.21. The minimum atomic E-state index is -0.324. The van der Waals surface area contributed by atoms with Gasteiger partial charge in [-0.2, -0.15) is 0 Å². The van der Waals surface area contributed by atoms with E-state index in [0.717, 1.165) is 18.7 Å². The summed E-state index contributed by atoms with van der Waals surface area (Å²) < 4.78 is 6.10. The van der Waals surface area contributed by atoms with Crippen LogP contribution in [0.5, 0.6) is 5.75 Å². The van der Waals surface area contributed by atoms with Crippen molar-refractivity contribution < 1.29 is 9.53 Å². The molecule has 22 heavy (non-hydrogen) atoms. The standard InChI is InChI=1S/C19H29NO2/c1-18(2,3)17(21)16-12-15(13-20(16)19(4,5)6)22-14-10-8-7-9-11-14/h7-11,15-16H,12-13H2,1-6H3. The largest absolute Gasteiger partial charge is 0.489 e. The Labute approximate surface area is 134 Å². The molecule has 1 fully saturated rings. The predicted octanol–water partition coefficient (Wildman–Crippen LogP) is 3.92. The van der Waals surface area contributed by atoms with E-state index in [1.54, 1.807) is 0 Å². The molecule has 2 unspecified atom stereocenters. The Morgan fingerprint density at radius 1 is 1.09 bits per heavy atom. The average molecular weight is 303 g/mol. The second kappa shape index (κ2) is 6.04. The molecular weight excluding hydrogens is 274 g/mol. The minimum absolute atomic E-state index is 0.0413. The van der Waals surface area contributed by atoms with Gasteiger partial charge < -0.3 is 4.74 Å². The Morgan fingerprint density at radius 2 is 1.68 bits per heavy atom. The van der Waals surface area contributed by atoms with Crippen LogP contribution in [0.2, 0.25) is 0 Å². The van der Waals surface area contributed by atoms with E-state index in [2.05, 4.69) is 25.7 Å². The van der Waals surface area contributed by atoms with Crippen molar-refractivity contribution in [1.29, 1.82) is 0 Å². The zero-order chi connectivity index (χ0) is 16.5. The second-order valence-electron chi connectivity index (χ2n) is 8.24. The number of hydrogen-bond donors (Lipinski definition) is 0. The number of hydrogen-bond acceptors (Lipinski definition) is 3. The summed E-state index contributed by atoms with van der Waals surface area (Å²) in [6, 6.07) is 9.82. The number of ether oxygens (including phenoxy) is 1. The molecule has 0 amide bonds. The number of carbonyl (C=O) groups excluding carboxylic acids is 1. The zero-order valence-electron chi connectivity index (χ0n) is 14.7.